The van der Waals surface area contributed by atoms with Crippen molar-refractivity contribution in [1.29, 1.82) is 0 Å². The zero-order valence-electron chi connectivity index (χ0n) is 33.5. The molecule has 2 saturated heterocycles. The summed E-state index contributed by atoms with van der Waals surface area (Å²) in [5, 5.41) is 6.75. The molecule has 4 heterocycles. The van der Waals surface area contributed by atoms with Gasteiger partial charge in [-0.2, -0.15) is 13.2 Å². The van der Waals surface area contributed by atoms with Gasteiger partial charge in [0.05, 0.1) is 44.3 Å². The highest BCUT2D eigenvalue weighted by Gasteiger charge is 2.42. The Bertz CT molecular complexity index is 2260. The van der Waals surface area contributed by atoms with E-state index in [1.807, 2.05) is 24.3 Å². The molecule has 0 saturated carbocycles. The molecule has 59 heavy (non-hydrogen) atoms. The highest BCUT2D eigenvalue weighted by Crippen LogP contribution is 2.37. The quantitative estimate of drug-likeness (QED) is 0.143. The molecule has 15 nitrogen and oxygen atoms in total. The van der Waals surface area contributed by atoms with Gasteiger partial charge in [0, 0.05) is 31.3 Å². The molecule has 2 aromatic carbocycles. The first kappa shape index (κ1) is 42.5. The fourth-order valence-electron chi connectivity index (χ4n) is 7.51. The van der Waals surface area contributed by atoms with Crippen molar-refractivity contribution in [2.75, 3.05) is 34.4 Å². The van der Waals surface area contributed by atoms with Crippen LogP contribution < -0.4 is 10.6 Å². The number of benzene rings is 2. The largest absolute Gasteiger partial charge is 0.453 e. The van der Waals surface area contributed by atoms with Crippen molar-refractivity contribution in [3.8, 4) is 23.1 Å². The Morgan fingerprint density at radius 1 is 0.814 bits per heavy atom. The number of aromatic nitrogens is 4. The van der Waals surface area contributed by atoms with Crippen LogP contribution in [0.25, 0.3) is 22.0 Å². The number of aromatic amines is 2. The Labute approximate surface area is 338 Å². The maximum atomic E-state index is 14.3. The van der Waals surface area contributed by atoms with Gasteiger partial charge in [0.1, 0.15) is 29.4 Å². The molecule has 314 valence electrons. The van der Waals surface area contributed by atoms with E-state index in [0.29, 0.717) is 37.2 Å². The molecule has 2 aromatic heterocycles. The minimum Gasteiger partial charge on any atom is -0.453 e. The molecule has 4 amide bonds. The molecule has 5 atom stereocenters. The summed E-state index contributed by atoms with van der Waals surface area (Å²) in [4.78, 5) is 68.8. The molecule has 2 fully saturated rings. The first-order valence-electron chi connectivity index (χ1n) is 19.2. The van der Waals surface area contributed by atoms with Gasteiger partial charge in [-0.25, -0.2) is 19.6 Å². The second-order valence-corrected chi connectivity index (χ2v) is 14.8. The highest BCUT2D eigenvalue weighted by molar-refractivity contribution is 5.89. The molecule has 18 heteroatoms. The van der Waals surface area contributed by atoms with Crippen LogP contribution in [0.4, 0.5) is 22.8 Å². The standard InChI is InChI=1S/C41H47F3N8O7/c1-22(2)32(48-39(55)58-5)37(53)52-18-8-10-31(52)36-46-28(34(50-36)41(42,43)44)16-12-24-11-13-26-20-27(15-14-25(26)19-24)29-21-45-35(47-29)30-9-7-17-51(30)38(54)33(23(3)57-4)49-40(56)59-6/h11,13-15,19-23,30-33H,7-10,17-18H2,1-6H3,(H,45,47)(H,46,50)(H,48,55)(H,49,56)/t23-,30?,31?,32+,33?/m1/s1. The molecular weight excluding hydrogens is 773 g/mol. The van der Waals surface area contributed by atoms with E-state index in [2.05, 4.69) is 47.1 Å². The van der Waals surface area contributed by atoms with Gasteiger partial charge < -0.3 is 44.6 Å². The second-order valence-electron chi connectivity index (χ2n) is 14.8. The summed E-state index contributed by atoms with van der Waals surface area (Å²) in [6.45, 7) is 5.95. The number of nitrogens with one attached hydrogen (secondary N) is 4. The summed E-state index contributed by atoms with van der Waals surface area (Å²) in [5.41, 5.74) is 0.416. The van der Waals surface area contributed by atoms with Crippen LogP contribution in [-0.2, 0) is 30.0 Å². The van der Waals surface area contributed by atoms with Crippen molar-refractivity contribution >= 4 is 34.8 Å². The van der Waals surface area contributed by atoms with Crippen molar-refractivity contribution in [2.45, 2.75) is 82.9 Å². The average molecular weight is 821 g/mol. The first-order chi connectivity index (χ1) is 28.1. The van der Waals surface area contributed by atoms with Crippen LogP contribution in [0.1, 0.15) is 87.1 Å². The maximum Gasteiger partial charge on any atom is 0.436 e. The lowest BCUT2D eigenvalue weighted by Gasteiger charge is -2.30. The first-order valence-corrected chi connectivity index (χ1v) is 19.2. The van der Waals surface area contributed by atoms with Crippen molar-refractivity contribution < 1.29 is 46.6 Å². The Hall–Kier alpha value is -6.09. The van der Waals surface area contributed by atoms with E-state index >= 15 is 0 Å². The third-order valence-corrected chi connectivity index (χ3v) is 10.7. The Kier molecular flexibility index (Phi) is 12.8. The van der Waals surface area contributed by atoms with E-state index in [1.54, 1.807) is 44.0 Å². The number of amides is 4. The molecule has 0 radical (unpaired) electrons. The van der Waals surface area contributed by atoms with Crippen molar-refractivity contribution in [3.05, 3.63) is 71.2 Å². The minimum absolute atomic E-state index is 0.0336. The van der Waals surface area contributed by atoms with Gasteiger partial charge in [-0.1, -0.05) is 38.0 Å². The lowest BCUT2D eigenvalue weighted by Crippen LogP contribution is -2.54. The number of alkyl halides is 3. The minimum atomic E-state index is -4.82. The van der Waals surface area contributed by atoms with Crippen LogP contribution in [0, 0.1) is 17.8 Å². The van der Waals surface area contributed by atoms with E-state index in [-0.39, 0.29) is 30.2 Å². The van der Waals surface area contributed by atoms with E-state index in [0.717, 1.165) is 28.5 Å². The van der Waals surface area contributed by atoms with Gasteiger partial charge in [-0.3, -0.25) is 9.59 Å². The van der Waals surface area contributed by atoms with Gasteiger partial charge >= 0.3 is 18.4 Å². The number of carbonyl (C=O) groups is 4. The Balaban J connectivity index is 1.20. The van der Waals surface area contributed by atoms with Crippen molar-refractivity contribution in [1.82, 2.24) is 40.4 Å². The predicted molar refractivity (Wildman–Crippen MR) is 208 cm³/mol. The molecule has 0 spiro atoms. The molecule has 4 N–H and O–H groups in total. The SMILES string of the molecule is COC(=O)NC(C(=O)N1CCCC1c1ncc(-c2ccc3cc(C#Cc4[nH]c(C5CCCN5C(=O)[C@@H](NC(=O)OC)C(C)C)nc4C(F)(F)F)ccc3c2)[nH]1)[C@@H](C)OC. The second kappa shape index (κ2) is 17.8. The van der Waals surface area contributed by atoms with Crippen LogP contribution in [-0.4, -0.2) is 106 Å². The van der Waals surface area contributed by atoms with Gasteiger partial charge in [-0.05, 0) is 73.4 Å². The number of fused-ring (bicyclic) bond motifs is 1. The molecule has 4 aromatic rings. The van der Waals surface area contributed by atoms with Crippen LogP contribution >= 0.6 is 0 Å². The number of nitrogens with zero attached hydrogens (tertiary/aromatic N) is 4. The van der Waals surface area contributed by atoms with Crippen LogP contribution in [0.2, 0.25) is 0 Å². The Morgan fingerprint density at radius 3 is 2.02 bits per heavy atom. The highest BCUT2D eigenvalue weighted by atomic mass is 19.4. The number of likely N-dealkylation sites (tertiary alicyclic amines) is 2. The monoisotopic (exact) mass is 820 g/mol. The van der Waals surface area contributed by atoms with Crippen LogP contribution in [0.15, 0.2) is 42.6 Å². The molecule has 6 rings (SSSR count). The summed E-state index contributed by atoms with van der Waals surface area (Å²) < 4.78 is 57.5. The summed E-state index contributed by atoms with van der Waals surface area (Å²) in [7, 11) is 3.86. The normalized spacial score (nSPS) is 18.3. The third kappa shape index (κ3) is 9.30. The van der Waals surface area contributed by atoms with E-state index in [9.17, 15) is 32.3 Å². The number of hydrogen-bond donors (Lipinski definition) is 4. The smallest absolute Gasteiger partial charge is 0.436 e. The van der Waals surface area contributed by atoms with E-state index in [4.69, 9.17) is 9.47 Å². The Morgan fingerprint density at radius 2 is 1.41 bits per heavy atom. The summed E-state index contributed by atoms with van der Waals surface area (Å²) in [5.74, 6) is 4.97. The summed E-state index contributed by atoms with van der Waals surface area (Å²) in [6, 6.07) is 7.99. The van der Waals surface area contributed by atoms with Crippen LogP contribution in [0.3, 0.4) is 0 Å². The summed E-state index contributed by atoms with van der Waals surface area (Å²) >= 11 is 0. The van der Waals surface area contributed by atoms with Gasteiger partial charge in [0.15, 0.2) is 5.69 Å². The predicted octanol–water partition coefficient (Wildman–Crippen LogP) is 5.84. The lowest BCUT2D eigenvalue weighted by molar-refractivity contribution is -0.141. The number of imidazole rings is 2. The van der Waals surface area contributed by atoms with Crippen molar-refractivity contribution in [2.24, 2.45) is 5.92 Å². The zero-order valence-corrected chi connectivity index (χ0v) is 33.5. The number of methoxy groups -OCH3 is 3. The van der Waals surface area contributed by atoms with Gasteiger partial charge in [0.25, 0.3) is 0 Å². The molecule has 0 aliphatic carbocycles. The summed E-state index contributed by atoms with van der Waals surface area (Å²) in [6.07, 6.45) is -2.92. The lowest BCUT2D eigenvalue weighted by atomic mass is 10.0. The number of ether oxygens (including phenoxy) is 3. The fourth-order valence-corrected chi connectivity index (χ4v) is 7.51. The number of alkyl carbamates (subject to hydrolysis) is 2. The number of rotatable bonds is 10. The topological polar surface area (TPSA) is 184 Å². The van der Waals surface area contributed by atoms with E-state index in [1.165, 1.54) is 26.2 Å². The maximum absolute atomic E-state index is 14.3. The zero-order chi connectivity index (χ0) is 42.6. The number of hydrogen-bond acceptors (Lipinski definition) is 9. The number of halogens is 3. The van der Waals surface area contributed by atoms with Crippen LogP contribution in [0.5, 0.6) is 0 Å². The molecule has 2 aliphatic heterocycles. The molecule has 0 bridgehead atoms. The molecular formula is C41H47F3N8O7. The fraction of sp³-hybridized carbons (Fsp3) is 0.463. The van der Waals surface area contributed by atoms with E-state index < -0.39 is 59.9 Å². The number of carbonyl (C=O) groups excluding carboxylic acids is 4. The van der Waals surface area contributed by atoms with Gasteiger partial charge in [-0.15, -0.1) is 0 Å². The third-order valence-electron chi connectivity index (χ3n) is 10.7. The van der Waals surface area contributed by atoms with Gasteiger partial charge in [0.2, 0.25) is 11.8 Å². The molecule has 3 unspecified atom stereocenters. The molecule has 2 aliphatic rings. The number of H-pyrrole nitrogens is 2. The van der Waals surface area contributed by atoms with Crippen molar-refractivity contribution in [3.63, 3.8) is 0 Å². The average Bonchev–Trinajstić information content (AvgIpc) is 4.06.